The number of ether oxygens (including phenoxy) is 1. The molecule has 1 aromatic carbocycles. The van der Waals surface area contributed by atoms with Crippen LogP contribution >= 0.6 is 0 Å². The van der Waals surface area contributed by atoms with Gasteiger partial charge in [-0.15, -0.1) is 0 Å². The Morgan fingerprint density at radius 2 is 1.91 bits per heavy atom. The molecule has 0 aliphatic heterocycles. The summed E-state index contributed by atoms with van der Waals surface area (Å²) in [6, 6.07) is 5.56. The second kappa shape index (κ2) is 5.63. The summed E-state index contributed by atoms with van der Waals surface area (Å²) in [4.78, 5) is 24.2. The van der Waals surface area contributed by atoms with Gasteiger partial charge in [-0.3, -0.25) is 9.59 Å². The molecule has 2 aliphatic rings. The molecule has 1 amide bonds. The molecular weight excluding hydrogens is 282 g/mol. The van der Waals surface area contributed by atoms with E-state index in [1.54, 1.807) is 13.2 Å². The third kappa shape index (κ3) is 2.45. The molecular formula is C17H21NO4. The first kappa shape index (κ1) is 14.9. The number of aliphatic carboxylic acids is 1. The number of anilines is 1. The number of hydrogen-bond acceptors (Lipinski definition) is 3. The summed E-state index contributed by atoms with van der Waals surface area (Å²) in [7, 11) is 1.55. The van der Waals surface area contributed by atoms with Crippen molar-refractivity contribution in [1.82, 2.24) is 0 Å². The van der Waals surface area contributed by atoms with Crippen molar-refractivity contribution in [3.8, 4) is 5.75 Å². The third-order valence-electron chi connectivity index (χ3n) is 5.12. The Morgan fingerprint density at radius 1 is 1.23 bits per heavy atom. The van der Waals surface area contributed by atoms with Crippen molar-refractivity contribution in [3.63, 3.8) is 0 Å². The SMILES string of the molecule is COc1ccc(C)cc1NC(=O)[C@@H]1[C@H]2CC[C@@H](C2)[C@@H]1C(=O)O. The van der Waals surface area contributed by atoms with Crippen LogP contribution in [0.25, 0.3) is 0 Å². The molecule has 2 saturated carbocycles. The van der Waals surface area contributed by atoms with Gasteiger partial charge < -0.3 is 15.2 Å². The molecule has 0 aromatic heterocycles. The predicted octanol–water partition coefficient (Wildman–Crippen LogP) is 2.69. The molecule has 0 spiro atoms. The van der Waals surface area contributed by atoms with E-state index in [1.165, 1.54) is 0 Å². The molecule has 118 valence electrons. The van der Waals surface area contributed by atoms with Crippen LogP contribution in [-0.4, -0.2) is 24.1 Å². The fourth-order valence-electron chi connectivity index (χ4n) is 4.16. The van der Waals surface area contributed by atoms with Crippen LogP contribution in [0.15, 0.2) is 18.2 Å². The lowest BCUT2D eigenvalue weighted by Gasteiger charge is -2.27. The Bertz CT molecular complexity index is 613. The topological polar surface area (TPSA) is 75.6 Å². The zero-order valence-electron chi connectivity index (χ0n) is 12.8. The van der Waals surface area contributed by atoms with Crippen molar-refractivity contribution < 1.29 is 19.4 Å². The molecule has 2 N–H and O–H groups in total. The summed E-state index contributed by atoms with van der Waals surface area (Å²) >= 11 is 0. The molecule has 2 bridgehead atoms. The Morgan fingerprint density at radius 3 is 2.55 bits per heavy atom. The van der Waals surface area contributed by atoms with E-state index in [0.717, 1.165) is 24.8 Å². The predicted molar refractivity (Wildman–Crippen MR) is 81.8 cm³/mol. The van der Waals surface area contributed by atoms with E-state index in [4.69, 9.17) is 4.74 Å². The van der Waals surface area contributed by atoms with E-state index in [1.807, 2.05) is 19.1 Å². The van der Waals surface area contributed by atoms with Gasteiger partial charge in [0.15, 0.2) is 0 Å². The Labute approximate surface area is 129 Å². The highest BCUT2D eigenvalue weighted by molar-refractivity contribution is 5.97. The van der Waals surface area contributed by atoms with Crippen LogP contribution in [0.1, 0.15) is 24.8 Å². The summed E-state index contributed by atoms with van der Waals surface area (Å²) < 4.78 is 5.27. The maximum absolute atomic E-state index is 12.7. The molecule has 0 saturated heterocycles. The second-order valence-corrected chi connectivity index (χ2v) is 6.42. The first-order valence-electron chi connectivity index (χ1n) is 7.69. The maximum Gasteiger partial charge on any atom is 0.307 e. The fraction of sp³-hybridized carbons (Fsp3) is 0.529. The third-order valence-corrected chi connectivity index (χ3v) is 5.12. The van der Waals surface area contributed by atoms with Crippen molar-refractivity contribution in [2.24, 2.45) is 23.7 Å². The minimum Gasteiger partial charge on any atom is -0.495 e. The molecule has 3 rings (SSSR count). The van der Waals surface area contributed by atoms with Gasteiger partial charge in [-0.2, -0.15) is 0 Å². The number of carbonyl (C=O) groups excluding carboxylic acids is 1. The van der Waals surface area contributed by atoms with Crippen LogP contribution in [0.5, 0.6) is 5.75 Å². The van der Waals surface area contributed by atoms with Gasteiger partial charge in [0.05, 0.1) is 24.6 Å². The highest BCUT2D eigenvalue weighted by Gasteiger charge is 2.54. The number of nitrogens with one attached hydrogen (secondary N) is 1. The number of rotatable bonds is 4. The number of hydrogen-bond donors (Lipinski definition) is 2. The number of aryl methyl sites for hydroxylation is 1. The number of carboxylic acid groups (broad SMARTS) is 1. The molecule has 0 unspecified atom stereocenters. The number of fused-ring (bicyclic) bond motifs is 2. The normalized spacial score (nSPS) is 29.4. The van der Waals surface area contributed by atoms with E-state index in [9.17, 15) is 14.7 Å². The van der Waals surface area contributed by atoms with Gasteiger partial charge in [-0.05, 0) is 55.7 Å². The van der Waals surface area contributed by atoms with Crippen molar-refractivity contribution in [1.29, 1.82) is 0 Å². The van der Waals surface area contributed by atoms with E-state index in [2.05, 4.69) is 5.32 Å². The Balaban J connectivity index is 1.82. The van der Waals surface area contributed by atoms with Crippen molar-refractivity contribution >= 4 is 17.6 Å². The minimum absolute atomic E-state index is 0.151. The molecule has 5 heteroatoms. The zero-order valence-corrected chi connectivity index (χ0v) is 12.8. The lowest BCUT2D eigenvalue weighted by Crippen LogP contribution is -2.37. The van der Waals surface area contributed by atoms with Crippen LogP contribution in [-0.2, 0) is 9.59 Å². The molecule has 0 radical (unpaired) electrons. The first-order chi connectivity index (χ1) is 10.5. The van der Waals surface area contributed by atoms with Gasteiger partial charge in [0.1, 0.15) is 5.75 Å². The maximum atomic E-state index is 12.7. The van der Waals surface area contributed by atoms with Gasteiger partial charge in [-0.1, -0.05) is 6.07 Å². The van der Waals surface area contributed by atoms with E-state index in [-0.39, 0.29) is 17.7 Å². The largest absolute Gasteiger partial charge is 0.495 e. The quantitative estimate of drug-likeness (QED) is 0.896. The van der Waals surface area contributed by atoms with Gasteiger partial charge >= 0.3 is 5.97 Å². The molecule has 4 atom stereocenters. The number of carboxylic acids is 1. The minimum atomic E-state index is -0.844. The number of benzene rings is 1. The smallest absolute Gasteiger partial charge is 0.307 e. The van der Waals surface area contributed by atoms with Crippen LogP contribution in [0.3, 0.4) is 0 Å². The van der Waals surface area contributed by atoms with E-state index >= 15 is 0 Å². The van der Waals surface area contributed by atoms with E-state index in [0.29, 0.717) is 11.4 Å². The Kier molecular flexibility index (Phi) is 3.81. The van der Waals surface area contributed by atoms with Crippen molar-refractivity contribution in [3.05, 3.63) is 23.8 Å². The van der Waals surface area contributed by atoms with E-state index < -0.39 is 17.8 Å². The van der Waals surface area contributed by atoms with Gasteiger partial charge in [0, 0.05) is 0 Å². The highest BCUT2D eigenvalue weighted by Crippen LogP contribution is 2.52. The molecule has 2 aliphatic carbocycles. The summed E-state index contributed by atoms with van der Waals surface area (Å²) in [6.45, 7) is 1.94. The summed E-state index contributed by atoms with van der Waals surface area (Å²) in [6.07, 6.45) is 2.75. The van der Waals surface area contributed by atoms with Crippen LogP contribution in [0.4, 0.5) is 5.69 Å². The summed E-state index contributed by atoms with van der Waals surface area (Å²) in [5.41, 5.74) is 1.62. The molecule has 22 heavy (non-hydrogen) atoms. The highest BCUT2D eigenvalue weighted by atomic mass is 16.5. The molecule has 5 nitrogen and oxygen atoms in total. The van der Waals surface area contributed by atoms with Gasteiger partial charge in [0.2, 0.25) is 5.91 Å². The van der Waals surface area contributed by atoms with Crippen LogP contribution in [0.2, 0.25) is 0 Å². The monoisotopic (exact) mass is 303 g/mol. The lowest BCUT2D eigenvalue weighted by molar-refractivity contribution is -0.148. The standard InChI is InChI=1S/C17H21NO4/c1-9-3-6-13(22-2)12(7-9)18-16(19)14-10-4-5-11(8-10)15(14)17(20)21/h3,6-7,10-11,14-15H,4-5,8H2,1-2H3,(H,18,19)(H,20,21)/t10-,11-,14+,15-/m0/s1. The summed E-state index contributed by atoms with van der Waals surface area (Å²) in [5.74, 6) is -1.07. The van der Waals surface area contributed by atoms with Crippen LogP contribution in [0, 0.1) is 30.6 Å². The van der Waals surface area contributed by atoms with Gasteiger partial charge in [-0.25, -0.2) is 0 Å². The average Bonchev–Trinajstić information content (AvgIpc) is 3.08. The van der Waals surface area contributed by atoms with Crippen LogP contribution < -0.4 is 10.1 Å². The number of amides is 1. The number of methoxy groups -OCH3 is 1. The second-order valence-electron chi connectivity index (χ2n) is 6.42. The lowest BCUT2D eigenvalue weighted by atomic mass is 9.78. The zero-order chi connectivity index (χ0) is 15.9. The Hall–Kier alpha value is -2.04. The first-order valence-corrected chi connectivity index (χ1v) is 7.69. The summed E-state index contributed by atoms with van der Waals surface area (Å²) in [5, 5.41) is 12.3. The molecule has 1 aromatic rings. The van der Waals surface area contributed by atoms with Gasteiger partial charge in [0.25, 0.3) is 0 Å². The fourth-order valence-corrected chi connectivity index (χ4v) is 4.16. The number of carbonyl (C=O) groups is 2. The average molecular weight is 303 g/mol. The molecule has 0 heterocycles. The van der Waals surface area contributed by atoms with Crippen molar-refractivity contribution in [2.45, 2.75) is 26.2 Å². The van der Waals surface area contributed by atoms with Crippen molar-refractivity contribution in [2.75, 3.05) is 12.4 Å². The molecule has 2 fully saturated rings.